The third kappa shape index (κ3) is 3.65. The van der Waals surface area contributed by atoms with Crippen molar-refractivity contribution in [3.8, 4) is 0 Å². The van der Waals surface area contributed by atoms with Gasteiger partial charge in [-0.1, -0.05) is 32.4 Å². The zero-order valence-electron chi connectivity index (χ0n) is 10.8. The summed E-state index contributed by atoms with van der Waals surface area (Å²) < 4.78 is 0. The zero-order chi connectivity index (χ0) is 13.7. The van der Waals surface area contributed by atoms with Gasteiger partial charge in [-0.25, -0.2) is 9.97 Å². The molecule has 6 heteroatoms. The number of hydrogen-bond acceptors (Lipinski definition) is 4. The van der Waals surface area contributed by atoms with Crippen LogP contribution >= 0.6 is 11.6 Å². The monoisotopic (exact) mass is 271 g/mol. The number of aromatic nitrogens is 2. The molecule has 5 nitrogen and oxygen atoms in total. The molecule has 0 bridgehead atoms. The van der Waals surface area contributed by atoms with Crippen LogP contribution in [0.2, 0.25) is 5.02 Å². The van der Waals surface area contributed by atoms with Gasteiger partial charge in [-0.3, -0.25) is 4.79 Å². The molecule has 18 heavy (non-hydrogen) atoms. The van der Waals surface area contributed by atoms with Crippen molar-refractivity contribution in [1.29, 1.82) is 0 Å². The molecular weight excluding hydrogens is 254 g/mol. The van der Waals surface area contributed by atoms with Gasteiger partial charge in [0, 0.05) is 5.92 Å². The predicted octanol–water partition coefficient (Wildman–Crippen LogP) is 1.75. The summed E-state index contributed by atoms with van der Waals surface area (Å²) in [5, 5.41) is 11.9. The Morgan fingerprint density at radius 1 is 1.56 bits per heavy atom. The first-order valence-electron chi connectivity index (χ1n) is 5.93. The smallest absolute Gasteiger partial charge is 0.271 e. The number of aliphatic hydroxyl groups excluding tert-OH is 1. The van der Waals surface area contributed by atoms with Gasteiger partial charge in [-0.15, -0.1) is 0 Å². The summed E-state index contributed by atoms with van der Waals surface area (Å²) in [6.07, 6.45) is 2.07. The van der Waals surface area contributed by atoms with E-state index >= 15 is 0 Å². The third-order valence-electron chi connectivity index (χ3n) is 2.54. The Morgan fingerprint density at radius 2 is 2.22 bits per heavy atom. The fourth-order valence-corrected chi connectivity index (χ4v) is 1.53. The molecule has 0 aliphatic rings. The molecule has 100 valence electrons. The molecule has 0 fully saturated rings. The Kier molecular flexibility index (Phi) is 5.50. The van der Waals surface area contributed by atoms with Gasteiger partial charge in [0.05, 0.1) is 23.9 Å². The summed E-state index contributed by atoms with van der Waals surface area (Å²) in [6.45, 7) is 5.64. The summed E-state index contributed by atoms with van der Waals surface area (Å²) in [6, 6.07) is -0.286. The van der Waals surface area contributed by atoms with Crippen molar-refractivity contribution in [1.82, 2.24) is 15.3 Å². The number of carbonyl (C=O) groups excluding carboxylic acids is 1. The Labute approximate surface area is 112 Å². The van der Waals surface area contributed by atoms with Crippen molar-refractivity contribution in [2.45, 2.75) is 39.2 Å². The van der Waals surface area contributed by atoms with Crippen molar-refractivity contribution >= 4 is 17.5 Å². The van der Waals surface area contributed by atoms with E-state index < -0.39 is 0 Å². The lowest BCUT2D eigenvalue weighted by atomic mass is 10.2. The summed E-state index contributed by atoms with van der Waals surface area (Å²) >= 11 is 5.92. The number of halogens is 1. The molecule has 0 spiro atoms. The Morgan fingerprint density at radius 3 is 2.72 bits per heavy atom. The fourth-order valence-electron chi connectivity index (χ4n) is 1.35. The van der Waals surface area contributed by atoms with Crippen LogP contribution < -0.4 is 5.32 Å². The first kappa shape index (κ1) is 14.9. The van der Waals surface area contributed by atoms with Gasteiger partial charge in [-0.05, 0) is 6.42 Å². The summed E-state index contributed by atoms with van der Waals surface area (Å²) in [7, 11) is 0. The van der Waals surface area contributed by atoms with Crippen LogP contribution in [-0.2, 0) is 0 Å². The lowest BCUT2D eigenvalue weighted by Gasteiger charge is -2.14. The second kappa shape index (κ2) is 6.66. The van der Waals surface area contributed by atoms with Crippen LogP contribution in [0.1, 0.15) is 49.4 Å². The van der Waals surface area contributed by atoms with Crippen molar-refractivity contribution in [2.24, 2.45) is 0 Å². The van der Waals surface area contributed by atoms with E-state index in [1.165, 1.54) is 6.20 Å². The average molecular weight is 272 g/mol. The minimum atomic E-state index is -0.384. The molecule has 0 radical (unpaired) electrons. The Balaban J connectivity index is 2.94. The maximum absolute atomic E-state index is 12.0. The molecule has 1 rings (SSSR count). The Bertz CT molecular complexity index is 420. The highest BCUT2D eigenvalue weighted by atomic mass is 35.5. The van der Waals surface area contributed by atoms with Crippen LogP contribution in [0.4, 0.5) is 0 Å². The molecule has 2 N–H and O–H groups in total. The van der Waals surface area contributed by atoms with Gasteiger partial charge in [0.25, 0.3) is 5.91 Å². The van der Waals surface area contributed by atoms with Crippen LogP contribution in [0.3, 0.4) is 0 Å². The number of hydrogen-bond donors (Lipinski definition) is 2. The third-order valence-corrected chi connectivity index (χ3v) is 2.82. The van der Waals surface area contributed by atoms with Crippen LogP contribution in [0.25, 0.3) is 0 Å². The molecule has 1 unspecified atom stereocenters. The molecule has 0 saturated heterocycles. The molecular formula is C12H18ClN3O2. The highest BCUT2D eigenvalue weighted by Crippen LogP contribution is 2.16. The molecule has 1 atom stereocenters. The number of carbonyl (C=O) groups is 1. The second-order valence-corrected chi connectivity index (χ2v) is 4.75. The number of nitrogens with one attached hydrogen (secondary N) is 1. The summed E-state index contributed by atoms with van der Waals surface area (Å²) in [5.41, 5.74) is 0.155. The predicted molar refractivity (Wildman–Crippen MR) is 69.8 cm³/mol. The van der Waals surface area contributed by atoms with E-state index in [1.807, 2.05) is 20.8 Å². The van der Waals surface area contributed by atoms with Crippen LogP contribution in [0.15, 0.2) is 6.20 Å². The SMILES string of the molecule is CCC(CO)NC(=O)c1nc(C(C)C)ncc1Cl. The highest BCUT2D eigenvalue weighted by Gasteiger charge is 2.17. The molecule has 1 amide bonds. The van der Waals surface area contributed by atoms with E-state index in [0.717, 1.165) is 0 Å². The van der Waals surface area contributed by atoms with E-state index in [4.69, 9.17) is 16.7 Å². The van der Waals surface area contributed by atoms with Crippen molar-refractivity contribution in [3.63, 3.8) is 0 Å². The first-order chi connectivity index (χ1) is 8.49. The molecule has 1 heterocycles. The molecule has 0 aliphatic carbocycles. The maximum Gasteiger partial charge on any atom is 0.271 e. The zero-order valence-corrected chi connectivity index (χ0v) is 11.5. The molecule has 1 aromatic heterocycles. The molecule has 0 saturated carbocycles. The van der Waals surface area contributed by atoms with Gasteiger partial charge in [0.1, 0.15) is 11.5 Å². The lowest BCUT2D eigenvalue weighted by molar-refractivity contribution is 0.0909. The van der Waals surface area contributed by atoms with Crippen molar-refractivity contribution < 1.29 is 9.90 Å². The van der Waals surface area contributed by atoms with Crippen LogP contribution in [0, 0.1) is 0 Å². The van der Waals surface area contributed by atoms with Crippen LogP contribution in [0.5, 0.6) is 0 Å². The molecule has 0 aliphatic heterocycles. The number of aliphatic hydroxyl groups is 1. The standard InChI is InChI=1S/C12H18ClN3O2/c1-4-8(6-17)15-12(18)10-9(13)5-14-11(16-10)7(2)3/h5,7-8,17H,4,6H2,1-3H3,(H,15,18). The van der Waals surface area contributed by atoms with Gasteiger partial charge >= 0.3 is 0 Å². The highest BCUT2D eigenvalue weighted by molar-refractivity contribution is 6.33. The normalized spacial score (nSPS) is 12.6. The fraction of sp³-hybridized carbons (Fsp3) is 0.583. The second-order valence-electron chi connectivity index (χ2n) is 4.34. The number of rotatable bonds is 5. The number of nitrogens with zero attached hydrogens (tertiary/aromatic N) is 2. The summed E-state index contributed by atoms with van der Waals surface area (Å²) in [4.78, 5) is 20.2. The van der Waals surface area contributed by atoms with E-state index in [1.54, 1.807) is 0 Å². The minimum absolute atomic E-state index is 0.109. The van der Waals surface area contributed by atoms with Crippen molar-refractivity contribution in [3.05, 3.63) is 22.7 Å². The van der Waals surface area contributed by atoms with E-state index in [-0.39, 0.29) is 35.2 Å². The topological polar surface area (TPSA) is 75.1 Å². The maximum atomic E-state index is 12.0. The van der Waals surface area contributed by atoms with E-state index in [9.17, 15) is 4.79 Å². The van der Waals surface area contributed by atoms with Gasteiger partial charge in [0.15, 0.2) is 0 Å². The van der Waals surface area contributed by atoms with Gasteiger partial charge in [-0.2, -0.15) is 0 Å². The molecule has 1 aromatic rings. The largest absolute Gasteiger partial charge is 0.394 e. The van der Waals surface area contributed by atoms with Gasteiger partial charge in [0.2, 0.25) is 0 Å². The van der Waals surface area contributed by atoms with E-state index in [2.05, 4.69) is 15.3 Å². The quantitative estimate of drug-likeness (QED) is 0.856. The summed E-state index contributed by atoms with van der Waals surface area (Å²) in [5.74, 6) is 0.306. The molecule has 0 aromatic carbocycles. The first-order valence-corrected chi connectivity index (χ1v) is 6.31. The minimum Gasteiger partial charge on any atom is -0.394 e. The van der Waals surface area contributed by atoms with Crippen molar-refractivity contribution in [2.75, 3.05) is 6.61 Å². The number of amides is 1. The van der Waals surface area contributed by atoms with E-state index in [0.29, 0.717) is 12.2 Å². The Hall–Kier alpha value is -1.20. The average Bonchev–Trinajstić information content (AvgIpc) is 2.35. The van der Waals surface area contributed by atoms with Crippen LogP contribution in [-0.4, -0.2) is 33.6 Å². The van der Waals surface area contributed by atoms with Gasteiger partial charge < -0.3 is 10.4 Å². The lowest BCUT2D eigenvalue weighted by Crippen LogP contribution is -2.37.